The summed E-state index contributed by atoms with van der Waals surface area (Å²) in [7, 11) is 0. The van der Waals surface area contributed by atoms with Crippen LogP contribution < -0.4 is 5.73 Å². The van der Waals surface area contributed by atoms with Crippen LogP contribution in [0.15, 0.2) is 36.7 Å². The van der Waals surface area contributed by atoms with E-state index < -0.39 is 35.6 Å². The van der Waals surface area contributed by atoms with Gasteiger partial charge in [-0.25, -0.2) is 8.78 Å². The van der Waals surface area contributed by atoms with Crippen LogP contribution in [0, 0.1) is 18.2 Å². The van der Waals surface area contributed by atoms with Crippen LogP contribution in [0.1, 0.15) is 28.0 Å². The summed E-state index contributed by atoms with van der Waals surface area (Å²) >= 11 is 0. The van der Waals surface area contributed by atoms with Crippen molar-refractivity contribution >= 4 is 28.5 Å². The number of alkyl halides is 1. The van der Waals surface area contributed by atoms with Gasteiger partial charge in [-0.2, -0.15) is 5.10 Å². The van der Waals surface area contributed by atoms with Crippen molar-refractivity contribution < 1.29 is 23.2 Å². The molecule has 0 radical (unpaired) electrons. The zero-order valence-corrected chi connectivity index (χ0v) is 17.4. The Morgan fingerprint density at radius 3 is 2.79 bits per heavy atom. The Morgan fingerprint density at radius 1 is 1.27 bits per heavy atom. The number of nitrogens with two attached hydrogens (primary N) is 1. The molecule has 2 aromatic heterocycles. The van der Waals surface area contributed by atoms with Gasteiger partial charge in [-0.15, -0.1) is 6.42 Å². The Balaban J connectivity index is 1.57. The zero-order valence-electron chi connectivity index (χ0n) is 17.4. The van der Waals surface area contributed by atoms with Gasteiger partial charge < -0.3 is 10.6 Å². The van der Waals surface area contributed by atoms with Crippen molar-refractivity contribution in [1.29, 1.82) is 0 Å². The van der Waals surface area contributed by atoms with Gasteiger partial charge in [-0.05, 0) is 17.7 Å². The fourth-order valence-electron chi connectivity index (χ4n) is 4.04. The number of carbonyl (C=O) groups excluding carboxylic acids is 3. The maximum absolute atomic E-state index is 14.5. The largest absolute Gasteiger partial charge is 0.364 e. The molecule has 1 aliphatic heterocycles. The van der Waals surface area contributed by atoms with Crippen molar-refractivity contribution in [3.63, 3.8) is 0 Å². The number of carbonyl (C=O) groups is 3. The summed E-state index contributed by atoms with van der Waals surface area (Å²) in [4.78, 5) is 42.7. The highest BCUT2D eigenvalue weighted by atomic mass is 19.1. The van der Waals surface area contributed by atoms with Gasteiger partial charge in [0, 0.05) is 24.4 Å². The molecule has 8 nitrogen and oxygen atoms in total. The third-order valence-corrected chi connectivity index (χ3v) is 5.61. The van der Waals surface area contributed by atoms with Crippen LogP contribution in [-0.2, 0) is 22.6 Å². The number of likely N-dealkylation sites (tertiary alicyclic amines) is 1. The molecule has 0 bridgehead atoms. The minimum absolute atomic E-state index is 0.0208. The average Bonchev–Trinajstić information content (AvgIpc) is 3.36. The highest BCUT2D eigenvalue weighted by Crippen LogP contribution is 2.25. The van der Waals surface area contributed by atoms with Gasteiger partial charge >= 0.3 is 0 Å². The Morgan fingerprint density at radius 2 is 2.06 bits per heavy atom. The predicted octanol–water partition coefficient (Wildman–Crippen LogP) is 1.40. The number of nitrogens with zero attached hydrogens (tertiary/aromatic N) is 4. The third kappa shape index (κ3) is 4.17. The minimum atomic E-state index is -1.40. The summed E-state index contributed by atoms with van der Waals surface area (Å²) in [5.74, 6) is -0.323. The molecule has 1 saturated heterocycles. The number of Topliss-reactive ketones (excluding diaryl/α,β-unsaturated/α-hetero) is 1. The summed E-state index contributed by atoms with van der Waals surface area (Å²) in [5.41, 5.74) is 5.84. The monoisotopic (exact) mass is 451 g/mol. The summed E-state index contributed by atoms with van der Waals surface area (Å²) in [6.07, 6.45) is 6.23. The lowest BCUT2D eigenvalue weighted by molar-refractivity contribution is -0.138. The van der Waals surface area contributed by atoms with Crippen molar-refractivity contribution in [3.05, 3.63) is 59.3 Å². The fourth-order valence-corrected chi connectivity index (χ4v) is 4.04. The third-order valence-electron chi connectivity index (χ3n) is 5.61. The van der Waals surface area contributed by atoms with E-state index in [2.05, 4.69) is 16.0 Å². The molecule has 1 aromatic carbocycles. The maximum atomic E-state index is 14.5. The molecule has 168 valence electrons. The van der Waals surface area contributed by atoms with E-state index in [1.807, 2.05) is 0 Å². The molecule has 3 aromatic rings. The van der Waals surface area contributed by atoms with Crippen LogP contribution in [0.25, 0.3) is 10.9 Å². The van der Waals surface area contributed by atoms with Gasteiger partial charge in [0.1, 0.15) is 18.5 Å². The highest BCUT2D eigenvalue weighted by Gasteiger charge is 2.39. The Bertz CT molecular complexity index is 1310. The van der Waals surface area contributed by atoms with Gasteiger partial charge in [0.2, 0.25) is 5.91 Å². The number of benzene rings is 1. The SMILES string of the molecule is C#Cc1cccc(CC(=O)[C@@H]2C[C@@H](F)CN2C(=O)Cn2nc(C(N)=O)c3ccncc32)c1F. The second-order valence-electron chi connectivity index (χ2n) is 7.72. The molecule has 0 unspecified atom stereocenters. The Labute approximate surface area is 187 Å². The van der Waals surface area contributed by atoms with Gasteiger partial charge in [0.15, 0.2) is 11.5 Å². The zero-order chi connectivity index (χ0) is 23.7. The molecule has 33 heavy (non-hydrogen) atoms. The van der Waals surface area contributed by atoms with E-state index in [0.29, 0.717) is 10.9 Å². The lowest BCUT2D eigenvalue weighted by Gasteiger charge is -2.23. The molecule has 2 amide bonds. The first-order valence-corrected chi connectivity index (χ1v) is 10.1. The summed E-state index contributed by atoms with van der Waals surface area (Å²) in [5, 5.41) is 4.52. The maximum Gasteiger partial charge on any atom is 0.269 e. The van der Waals surface area contributed by atoms with Crippen molar-refractivity contribution in [2.24, 2.45) is 5.73 Å². The number of terminal acetylenes is 1. The lowest BCUT2D eigenvalue weighted by atomic mass is 9.99. The smallest absolute Gasteiger partial charge is 0.269 e. The van der Waals surface area contributed by atoms with Gasteiger partial charge in [-0.1, -0.05) is 18.1 Å². The molecular formula is C23H19F2N5O3. The van der Waals surface area contributed by atoms with E-state index in [1.54, 1.807) is 6.07 Å². The molecule has 2 atom stereocenters. The Hall–Kier alpha value is -4.13. The summed E-state index contributed by atoms with van der Waals surface area (Å²) in [6.45, 7) is -0.630. The first kappa shape index (κ1) is 22.1. The van der Waals surface area contributed by atoms with Crippen LogP contribution in [0.4, 0.5) is 8.78 Å². The van der Waals surface area contributed by atoms with Crippen molar-refractivity contribution in [1.82, 2.24) is 19.7 Å². The molecule has 3 heterocycles. The molecule has 4 rings (SSSR count). The van der Waals surface area contributed by atoms with Gasteiger partial charge in [0.25, 0.3) is 5.91 Å². The summed E-state index contributed by atoms with van der Waals surface area (Å²) < 4.78 is 29.9. The second kappa shape index (κ2) is 8.78. The molecule has 0 spiro atoms. The van der Waals surface area contributed by atoms with Crippen LogP contribution in [0.5, 0.6) is 0 Å². The van der Waals surface area contributed by atoms with Crippen LogP contribution in [0.2, 0.25) is 0 Å². The quantitative estimate of drug-likeness (QED) is 0.570. The van der Waals surface area contributed by atoms with Crippen LogP contribution >= 0.6 is 0 Å². The summed E-state index contributed by atoms with van der Waals surface area (Å²) in [6, 6.07) is 4.86. The molecule has 1 aliphatic rings. The van der Waals surface area contributed by atoms with Crippen molar-refractivity contribution in [2.75, 3.05) is 6.54 Å². The first-order valence-electron chi connectivity index (χ1n) is 10.1. The fraction of sp³-hybridized carbons (Fsp3) is 0.261. The number of hydrogen-bond acceptors (Lipinski definition) is 5. The number of fused-ring (bicyclic) bond motifs is 1. The number of aromatic nitrogens is 3. The lowest BCUT2D eigenvalue weighted by Crippen LogP contribution is -2.43. The van der Waals surface area contributed by atoms with E-state index >= 15 is 0 Å². The van der Waals surface area contributed by atoms with E-state index in [1.165, 1.54) is 35.3 Å². The normalized spacial score (nSPS) is 17.8. The van der Waals surface area contributed by atoms with E-state index in [0.717, 1.165) is 4.90 Å². The molecule has 10 heteroatoms. The predicted molar refractivity (Wildman–Crippen MR) is 114 cm³/mol. The number of hydrogen-bond donors (Lipinski definition) is 1. The standard InChI is InChI=1S/C23H19F2N5O3/c1-2-13-4-3-5-14(21(13)25)8-19(31)17-9-15(24)11-29(17)20(32)12-30-18-10-27-7-6-16(18)22(28-30)23(26)33/h1,3-7,10,15,17H,8-9,11-12H2,(H2,26,33)/t15-,17+/m1/s1. The topological polar surface area (TPSA) is 111 Å². The number of halogens is 2. The molecule has 1 fully saturated rings. The minimum Gasteiger partial charge on any atom is -0.364 e. The number of amides is 2. The molecule has 0 saturated carbocycles. The van der Waals surface area contributed by atoms with E-state index in [4.69, 9.17) is 12.2 Å². The number of rotatable bonds is 6. The van der Waals surface area contributed by atoms with Crippen LogP contribution in [0.3, 0.4) is 0 Å². The van der Waals surface area contributed by atoms with Crippen LogP contribution in [-0.4, -0.2) is 56.0 Å². The molecule has 0 aliphatic carbocycles. The van der Waals surface area contributed by atoms with Crippen molar-refractivity contribution in [3.8, 4) is 12.3 Å². The molecule has 2 N–H and O–H groups in total. The number of primary amides is 1. The van der Waals surface area contributed by atoms with E-state index in [9.17, 15) is 23.2 Å². The van der Waals surface area contributed by atoms with E-state index in [-0.39, 0.29) is 42.8 Å². The second-order valence-corrected chi connectivity index (χ2v) is 7.72. The average molecular weight is 451 g/mol. The number of ketones is 1. The first-order chi connectivity index (χ1) is 15.8. The highest BCUT2D eigenvalue weighted by molar-refractivity contribution is 6.04. The van der Waals surface area contributed by atoms with Gasteiger partial charge in [-0.3, -0.25) is 24.0 Å². The number of pyridine rings is 1. The Kier molecular flexibility index (Phi) is 5.87. The van der Waals surface area contributed by atoms with Gasteiger partial charge in [0.05, 0.1) is 29.9 Å². The molecular weight excluding hydrogens is 432 g/mol. The van der Waals surface area contributed by atoms with Crippen molar-refractivity contribution in [2.45, 2.75) is 31.6 Å².